The van der Waals surface area contributed by atoms with Crippen molar-refractivity contribution >= 4 is 21.4 Å². The standard InChI is InChI=1S/C13H15ClN2O2S/c1-10(19(2,17)18)13(14)11-8-15-16(9-11)12-6-4-3-5-7-12/h3-10,13H,1-2H3. The average molecular weight is 299 g/mol. The van der Waals surface area contributed by atoms with Crippen LogP contribution < -0.4 is 0 Å². The van der Waals surface area contributed by atoms with Gasteiger partial charge in [0.1, 0.15) is 0 Å². The van der Waals surface area contributed by atoms with Crippen molar-refractivity contribution in [1.29, 1.82) is 0 Å². The van der Waals surface area contributed by atoms with Crippen LogP contribution in [0.25, 0.3) is 5.69 Å². The summed E-state index contributed by atoms with van der Waals surface area (Å²) >= 11 is 6.21. The molecule has 19 heavy (non-hydrogen) atoms. The van der Waals surface area contributed by atoms with Crippen molar-refractivity contribution in [2.24, 2.45) is 0 Å². The third kappa shape index (κ3) is 3.16. The first-order chi connectivity index (χ1) is 8.89. The molecule has 0 aliphatic rings. The van der Waals surface area contributed by atoms with Gasteiger partial charge < -0.3 is 0 Å². The van der Waals surface area contributed by atoms with Gasteiger partial charge in [-0.05, 0) is 19.1 Å². The van der Waals surface area contributed by atoms with E-state index in [-0.39, 0.29) is 0 Å². The van der Waals surface area contributed by atoms with E-state index < -0.39 is 20.5 Å². The third-order valence-electron chi connectivity index (χ3n) is 3.03. The van der Waals surface area contributed by atoms with E-state index in [0.717, 1.165) is 5.69 Å². The van der Waals surface area contributed by atoms with Gasteiger partial charge in [-0.25, -0.2) is 13.1 Å². The van der Waals surface area contributed by atoms with Crippen LogP contribution in [0.1, 0.15) is 17.9 Å². The van der Waals surface area contributed by atoms with E-state index in [1.807, 2.05) is 30.3 Å². The van der Waals surface area contributed by atoms with Crippen molar-refractivity contribution in [3.05, 3.63) is 48.3 Å². The third-order valence-corrected chi connectivity index (χ3v) is 5.43. The molecule has 0 aliphatic heterocycles. The van der Waals surface area contributed by atoms with Crippen LogP contribution >= 0.6 is 11.6 Å². The van der Waals surface area contributed by atoms with Crippen LogP contribution in [0.3, 0.4) is 0 Å². The lowest BCUT2D eigenvalue weighted by molar-refractivity contribution is 0.587. The molecule has 0 fully saturated rings. The lowest BCUT2D eigenvalue weighted by Crippen LogP contribution is -2.20. The number of halogens is 1. The molecule has 0 radical (unpaired) electrons. The van der Waals surface area contributed by atoms with Gasteiger partial charge in [-0.1, -0.05) is 18.2 Å². The highest BCUT2D eigenvalue weighted by molar-refractivity contribution is 7.91. The number of nitrogens with zero attached hydrogens (tertiary/aromatic N) is 2. The zero-order valence-corrected chi connectivity index (χ0v) is 12.3. The number of hydrogen-bond acceptors (Lipinski definition) is 3. The quantitative estimate of drug-likeness (QED) is 0.815. The van der Waals surface area contributed by atoms with Crippen LogP contribution in [0.15, 0.2) is 42.7 Å². The molecule has 1 aromatic heterocycles. The summed E-state index contributed by atoms with van der Waals surface area (Å²) in [6.45, 7) is 1.60. The molecule has 0 N–H and O–H groups in total. The van der Waals surface area contributed by atoms with E-state index in [9.17, 15) is 8.42 Å². The molecule has 4 nitrogen and oxygen atoms in total. The fraction of sp³-hybridized carbons (Fsp3) is 0.308. The SMILES string of the molecule is CC(C(Cl)c1cnn(-c2ccccc2)c1)S(C)(=O)=O. The fourth-order valence-electron chi connectivity index (χ4n) is 1.69. The summed E-state index contributed by atoms with van der Waals surface area (Å²) in [4.78, 5) is 0. The van der Waals surface area contributed by atoms with Gasteiger partial charge in [0.2, 0.25) is 0 Å². The molecular formula is C13H15ClN2O2S. The van der Waals surface area contributed by atoms with Gasteiger partial charge in [-0.3, -0.25) is 0 Å². The summed E-state index contributed by atoms with van der Waals surface area (Å²) in [6, 6.07) is 9.58. The van der Waals surface area contributed by atoms with E-state index in [1.165, 1.54) is 6.26 Å². The maximum absolute atomic E-state index is 11.5. The highest BCUT2D eigenvalue weighted by Gasteiger charge is 2.26. The molecule has 0 saturated carbocycles. The zero-order valence-electron chi connectivity index (χ0n) is 10.7. The number of hydrogen-bond donors (Lipinski definition) is 0. The summed E-state index contributed by atoms with van der Waals surface area (Å²) in [5, 5.41) is 2.95. The Morgan fingerprint density at radius 3 is 2.47 bits per heavy atom. The second kappa shape index (κ2) is 5.35. The molecule has 0 saturated heterocycles. The zero-order chi connectivity index (χ0) is 14.0. The first-order valence-corrected chi connectivity index (χ1v) is 8.21. The minimum absolute atomic E-state index is 0.604. The Balaban J connectivity index is 2.27. The van der Waals surface area contributed by atoms with Crippen molar-refractivity contribution < 1.29 is 8.42 Å². The molecule has 0 spiro atoms. The Labute approximate surface area is 117 Å². The maximum atomic E-state index is 11.5. The lowest BCUT2D eigenvalue weighted by Gasteiger charge is -2.14. The Kier molecular flexibility index (Phi) is 3.96. The Bertz CT molecular complexity index is 652. The molecule has 2 rings (SSSR count). The largest absolute Gasteiger partial charge is 0.241 e. The second-order valence-corrected chi connectivity index (χ2v) is 7.36. The Hall–Kier alpha value is -1.33. The number of aromatic nitrogens is 2. The first-order valence-electron chi connectivity index (χ1n) is 5.82. The fourth-order valence-corrected chi connectivity index (χ4v) is 2.95. The number of rotatable bonds is 4. The molecule has 0 bridgehead atoms. The highest BCUT2D eigenvalue weighted by Crippen LogP contribution is 2.28. The van der Waals surface area contributed by atoms with E-state index in [2.05, 4.69) is 5.10 Å². The van der Waals surface area contributed by atoms with Gasteiger partial charge in [-0.15, -0.1) is 11.6 Å². The van der Waals surface area contributed by atoms with Gasteiger partial charge in [0.25, 0.3) is 0 Å². The molecule has 2 aromatic rings. The predicted molar refractivity (Wildman–Crippen MR) is 76.5 cm³/mol. The number of para-hydroxylation sites is 1. The van der Waals surface area contributed by atoms with E-state index in [0.29, 0.717) is 5.56 Å². The lowest BCUT2D eigenvalue weighted by atomic mass is 10.2. The molecule has 6 heteroatoms. The summed E-state index contributed by atoms with van der Waals surface area (Å²) in [5.74, 6) is 0. The van der Waals surface area contributed by atoms with Crippen LogP contribution in [0.4, 0.5) is 0 Å². The van der Waals surface area contributed by atoms with Crippen molar-refractivity contribution in [2.45, 2.75) is 17.6 Å². The Morgan fingerprint density at radius 2 is 1.89 bits per heavy atom. The van der Waals surface area contributed by atoms with Crippen LogP contribution in [-0.4, -0.2) is 29.7 Å². The van der Waals surface area contributed by atoms with Crippen molar-refractivity contribution in [2.75, 3.05) is 6.26 Å². The summed E-state index contributed by atoms with van der Waals surface area (Å²) in [6.07, 6.45) is 4.55. The normalized spacial score (nSPS) is 15.1. The van der Waals surface area contributed by atoms with E-state index in [1.54, 1.807) is 24.0 Å². The van der Waals surface area contributed by atoms with E-state index >= 15 is 0 Å². The summed E-state index contributed by atoms with van der Waals surface area (Å²) in [5.41, 5.74) is 1.60. The van der Waals surface area contributed by atoms with Gasteiger partial charge in [0, 0.05) is 18.0 Å². The molecule has 0 amide bonds. The smallest absolute Gasteiger partial charge is 0.151 e. The van der Waals surface area contributed by atoms with E-state index in [4.69, 9.17) is 11.6 Å². The molecule has 2 atom stereocenters. The maximum Gasteiger partial charge on any atom is 0.151 e. The monoisotopic (exact) mass is 298 g/mol. The molecule has 0 aliphatic carbocycles. The summed E-state index contributed by atoms with van der Waals surface area (Å²) in [7, 11) is -3.17. The molecule has 2 unspecified atom stereocenters. The molecule has 102 valence electrons. The van der Waals surface area contributed by atoms with Gasteiger partial charge in [0.05, 0.1) is 22.5 Å². The van der Waals surface area contributed by atoms with Gasteiger partial charge in [0.15, 0.2) is 9.84 Å². The highest BCUT2D eigenvalue weighted by atomic mass is 35.5. The van der Waals surface area contributed by atoms with Gasteiger partial charge in [-0.2, -0.15) is 5.10 Å². The second-order valence-electron chi connectivity index (χ2n) is 4.49. The Morgan fingerprint density at radius 1 is 1.26 bits per heavy atom. The number of alkyl halides is 1. The minimum Gasteiger partial charge on any atom is -0.241 e. The van der Waals surface area contributed by atoms with Crippen LogP contribution in [0, 0.1) is 0 Å². The van der Waals surface area contributed by atoms with Crippen molar-refractivity contribution in [3.8, 4) is 5.69 Å². The molecule has 1 heterocycles. The minimum atomic E-state index is -3.17. The van der Waals surface area contributed by atoms with Crippen molar-refractivity contribution in [3.63, 3.8) is 0 Å². The first kappa shape index (κ1) is 14.1. The van der Waals surface area contributed by atoms with Crippen LogP contribution in [0.5, 0.6) is 0 Å². The average Bonchev–Trinajstić information content (AvgIpc) is 2.86. The molecular weight excluding hydrogens is 284 g/mol. The predicted octanol–water partition coefficient (Wildman–Crippen LogP) is 2.59. The van der Waals surface area contributed by atoms with Gasteiger partial charge >= 0.3 is 0 Å². The van der Waals surface area contributed by atoms with Crippen molar-refractivity contribution in [1.82, 2.24) is 9.78 Å². The number of benzene rings is 1. The topological polar surface area (TPSA) is 52.0 Å². The number of sulfone groups is 1. The van der Waals surface area contributed by atoms with Crippen LogP contribution in [0.2, 0.25) is 0 Å². The summed E-state index contributed by atoms with van der Waals surface area (Å²) < 4.78 is 24.7. The van der Waals surface area contributed by atoms with Crippen LogP contribution in [-0.2, 0) is 9.84 Å². The molecule has 1 aromatic carbocycles.